The molecule has 0 aromatic heterocycles. The van der Waals surface area contributed by atoms with Crippen LogP contribution in [0.4, 0.5) is 0 Å². The number of benzene rings is 2. The fraction of sp³-hybridized carbons (Fsp3) is 0.300. The largest absolute Gasteiger partial charge is 0.459 e. The van der Waals surface area contributed by atoms with Crippen molar-refractivity contribution >= 4 is 11.7 Å². The molecule has 23 heavy (non-hydrogen) atoms. The third-order valence-corrected chi connectivity index (χ3v) is 3.23. The van der Waals surface area contributed by atoms with Gasteiger partial charge in [-0.1, -0.05) is 54.6 Å². The molecule has 0 heterocycles. The molecule has 0 fully saturated rings. The number of hydrogen-bond acceptors (Lipinski definition) is 3. The average Bonchev–Trinajstić information content (AvgIpc) is 2.48. The number of aryl methyl sites for hydroxylation is 1. The van der Waals surface area contributed by atoms with E-state index in [0.29, 0.717) is 0 Å². The molecule has 0 saturated heterocycles. The lowest BCUT2D eigenvalue weighted by Gasteiger charge is -2.19. The van der Waals surface area contributed by atoms with Crippen LogP contribution in [0.3, 0.4) is 0 Å². The first-order valence-electron chi connectivity index (χ1n) is 7.74. The summed E-state index contributed by atoms with van der Waals surface area (Å²) in [6.07, 6.45) is 0. The number of rotatable bonds is 4. The molecule has 2 aromatic rings. The van der Waals surface area contributed by atoms with Gasteiger partial charge >= 0.3 is 5.97 Å². The highest BCUT2D eigenvalue weighted by atomic mass is 16.6. The molecule has 0 aliphatic heterocycles. The molecule has 0 atom stereocenters. The summed E-state index contributed by atoms with van der Waals surface area (Å²) >= 11 is 0. The van der Waals surface area contributed by atoms with E-state index >= 15 is 0 Å². The average molecular weight is 309 g/mol. The molecule has 2 aromatic carbocycles. The lowest BCUT2D eigenvalue weighted by molar-refractivity contribution is -0.152. The van der Waals surface area contributed by atoms with Crippen LogP contribution in [0.15, 0.2) is 59.6 Å². The Balaban J connectivity index is 2.34. The van der Waals surface area contributed by atoms with Crippen molar-refractivity contribution in [1.29, 1.82) is 0 Å². The summed E-state index contributed by atoms with van der Waals surface area (Å²) in [5.41, 5.74) is 3.46. The summed E-state index contributed by atoms with van der Waals surface area (Å²) in [5, 5.41) is 0. The van der Waals surface area contributed by atoms with Crippen molar-refractivity contribution in [2.75, 3.05) is 6.54 Å². The monoisotopic (exact) mass is 309 g/mol. The third-order valence-electron chi connectivity index (χ3n) is 3.23. The van der Waals surface area contributed by atoms with Crippen molar-refractivity contribution < 1.29 is 9.53 Å². The second-order valence-corrected chi connectivity index (χ2v) is 6.43. The second kappa shape index (κ2) is 7.23. The Morgan fingerprint density at radius 1 is 1.00 bits per heavy atom. The van der Waals surface area contributed by atoms with Crippen LogP contribution in [0.25, 0.3) is 0 Å². The Bertz CT molecular complexity index is 697. The van der Waals surface area contributed by atoms with Gasteiger partial charge in [0.15, 0.2) is 0 Å². The van der Waals surface area contributed by atoms with Gasteiger partial charge in [0.1, 0.15) is 12.1 Å². The van der Waals surface area contributed by atoms with Gasteiger partial charge < -0.3 is 4.74 Å². The van der Waals surface area contributed by atoms with E-state index in [4.69, 9.17) is 4.74 Å². The Hall–Kier alpha value is -2.42. The molecule has 3 heteroatoms. The van der Waals surface area contributed by atoms with Gasteiger partial charge in [-0.2, -0.15) is 0 Å². The number of esters is 1. The zero-order valence-electron chi connectivity index (χ0n) is 14.2. The highest BCUT2D eigenvalue weighted by molar-refractivity contribution is 6.14. The zero-order chi connectivity index (χ0) is 16.9. The van der Waals surface area contributed by atoms with Crippen molar-refractivity contribution in [3.8, 4) is 0 Å². The normalized spacial score (nSPS) is 12.1. The fourth-order valence-corrected chi connectivity index (χ4v) is 2.28. The Morgan fingerprint density at radius 3 is 2.22 bits per heavy atom. The van der Waals surface area contributed by atoms with E-state index in [1.165, 1.54) is 0 Å². The van der Waals surface area contributed by atoms with Crippen LogP contribution in [0, 0.1) is 6.92 Å². The highest BCUT2D eigenvalue weighted by Crippen LogP contribution is 2.15. The second-order valence-electron chi connectivity index (χ2n) is 6.43. The molecule has 0 bridgehead atoms. The smallest absolute Gasteiger partial charge is 0.328 e. The van der Waals surface area contributed by atoms with Crippen LogP contribution in [0.5, 0.6) is 0 Å². The first-order valence-corrected chi connectivity index (χ1v) is 7.74. The SMILES string of the molecule is Cc1ccccc1C(=NCC(=O)OC(C)(C)C)c1ccccc1. The van der Waals surface area contributed by atoms with Crippen LogP contribution in [0.1, 0.15) is 37.5 Å². The van der Waals surface area contributed by atoms with Crippen LogP contribution >= 0.6 is 0 Å². The first kappa shape index (κ1) is 16.9. The molecule has 0 N–H and O–H groups in total. The molecule has 3 nitrogen and oxygen atoms in total. The van der Waals surface area contributed by atoms with Gasteiger partial charge in [0.25, 0.3) is 0 Å². The predicted molar refractivity (Wildman–Crippen MR) is 94.0 cm³/mol. The molecule has 0 radical (unpaired) electrons. The number of carbonyl (C=O) groups is 1. The summed E-state index contributed by atoms with van der Waals surface area (Å²) in [6.45, 7) is 7.62. The van der Waals surface area contributed by atoms with E-state index in [2.05, 4.69) is 4.99 Å². The lowest BCUT2D eigenvalue weighted by atomic mass is 9.98. The van der Waals surface area contributed by atoms with Crippen LogP contribution < -0.4 is 0 Å². The van der Waals surface area contributed by atoms with E-state index in [1.807, 2.05) is 82.3 Å². The first-order chi connectivity index (χ1) is 10.9. The quantitative estimate of drug-likeness (QED) is 0.628. The molecule has 0 unspecified atom stereocenters. The minimum Gasteiger partial charge on any atom is -0.459 e. The third kappa shape index (κ3) is 5.06. The number of carbonyl (C=O) groups excluding carboxylic acids is 1. The molecule has 2 rings (SSSR count). The van der Waals surface area contributed by atoms with Crippen molar-refractivity contribution in [1.82, 2.24) is 0 Å². The minimum absolute atomic E-state index is 0.00975. The summed E-state index contributed by atoms with van der Waals surface area (Å²) in [6, 6.07) is 17.9. The van der Waals surface area contributed by atoms with Crippen LogP contribution in [-0.2, 0) is 9.53 Å². The summed E-state index contributed by atoms with van der Waals surface area (Å²) in [4.78, 5) is 16.5. The van der Waals surface area contributed by atoms with Gasteiger partial charge in [0.05, 0.1) is 5.71 Å². The molecular weight excluding hydrogens is 286 g/mol. The van der Waals surface area contributed by atoms with Crippen molar-refractivity contribution in [2.45, 2.75) is 33.3 Å². The van der Waals surface area contributed by atoms with Gasteiger partial charge in [-0.05, 0) is 33.3 Å². The van der Waals surface area contributed by atoms with Gasteiger partial charge in [0.2, 0.25) is 0 Å². The number of nitrogens with zero attached hydrogens (tertiary/aromatic N) is 1. The maximum Gasteiger partial charge on any atom is 0.328 e. The van der Waals surface area contributed by atoms with Gasteiger partial charge in [-0.25, -0.2) is 0 Å². The molecule has 0 amide bonds. The van der Waals surface area contributed by atoms with E-state index in [0.717, 1.165) is 22.4 Å². The van der Waals surface area contributed by atoms with Crippen molar-refractivity contribution in [2.24, 2.45) is 4.99 Å². The molecule has 0 aliphatic carbocycles. The molecule has 0 aliphatic rings. The van der Waals surface area contributed by atoms with E-state index < -0.39 is 5.60 Å². The predicted octanol–water partition coefficient (Wildman–Crippen LogP) is 4.17. The Kier molecular flexibility index (Phi) is 5.32. The van der Waals surface area contributed by atoms with Gasteiger partial charge in [-0.15, -0.1) is 0 Å². The van der Waals surface area contributed by atoms with Gasteiger partial charge in [0, 0.05) is 11.1 Å². The minimum atomic E-state index is -0.498. The number of hydrogen-bond donors (Lipinski definition) is 0. The van der Waals surface area contributed by atoms with Crippen LogP contribution in [-0.4, -0.2) is 23.8 Å². The molecule has 0 saturated carbocycles. The lowest BCUT2D eigenvalue weighted by Crippen LogP contribution is -2.25. The Labute approximate surface area is 138 Å². The van der Waals surface area contributed by atoms with E-state index in [1.54, 1.807) is 0 Å². The fourth-order valence-electron chi connectivity index (χ4n) is 2.28. The summed E-state index contributed by atoms with van der Waals surface area (Å²) in [7, 11) is 0. The topological polar surface area (TPSA) is 38.7 Å². The standard InChI is InChI=1S/C20H23NO2/c1-15-10-8-9-13-17(15)19(16-11-6-5-7-12-16)21-14-18(22)23-20(2,3)4/h5-13H,14H2,1-4H3. The highest BCUT2D eigenvalue weighted by Gasteiger charge is 2.16. The van der Waals surface area contributed by atoms with E-state index in [-0.39, 0.29) is 12.5 Å². The number of ether oxygens (including phenoxy) is 1. The van der Waals surface area contributed by atoms with Crippen molar-refractivity contribution in [3.63, 3.8) is 0 Å². The van der Waals surface area contributed by atoms with Crippen molar-refractivity contribution in [3.05, 3.63) is 71.3 Å². The maximum absolute atomic E-state index is 12.0. The summed E-state index contributed by atoms with van der Waals surface area (Å²) in [5.74, 6) is -0.320. The van der Waals surface area contributed by atoms with Crippen LogP contribution in [0.2, 0.25) is 0 Å². The molecule has 120 valence electrons. The Morgan fingerprint density at radius 2 is 1.61 bits per heavy atom. The van der Waals surface area contributed by atoms with E-state index in [9.17, 15) is 4.79 Å². The number of aliphatic imine (C=N–C) groups is 1. The van der Waals surface area contributed by atoms with Gasteiger partial charge in [-0.3, -0.25) is 9.79 Å². The maximum atomic E-state index is 12.0. The molecular formula is C20H23NO2. The molecule has 0 spiro atoms. The zero-order valence-corrected chi connectivity index (χ0v) is 14.2. The summed E-state index contributed by atoms with van der Waals surface area (Å²) < 4.78 is 5.34.